The first-order valence-electron chi connectivity index (χ1n) is 9.95. The summed E-state index contributed by atoms with van der Waals surface area (Å²) >= 11 is 0. The Kier molecular flexibility index (Phi) is 5.14. The highest BCUT2D eigenvalue weighted by Gasteiger charge is 2.36. The molecule has 1 N–H and O–H groups in total. The number of likely N-dealkylation sites (tertiary alicyclic amines) is 1. The first-order chi connectivity index (χ1) is 13.7. The molecule has 3 heterocycles. The Balaban J connectivity index is 1.62. The SMILES string of the molecule is C[C@H]1C[C@@H](N[C@@H]2CCN(C)C2=O)CN(c2ccc(C(F)(F)F)c3ncccc23)C1. The maximum Gasteiger partial charge on any atom is 0.418 e. The van der Waals surface area contributed by atoms with Crippen LogP contribution in [-0.4, -0.2) is 54.6 Å². The molecule has 2 saturated heterocycles. The Morgan fingerprint density at radius 3 is 2.69 bits per heavy atom. The predicted molar refractivity (Wildman–Crippen MR) is 106 cm³/mol. The number of hydrogen-bond acceptors (Lipinski definition) is 4. The number of aromatic nitrogens is 1. The van der Waals surface area contributed by atoms with Gasteiger partial charge in [-0.05, 0) is 43.0 Å². The predicted octanol–water partition coefficient (Wildman–Crippen LogP) is 3.29. The van der Waals surface area contributed by atoms with Gasteiger partial charge in [-0.25, -0.2) is 0 Å². The van der Waals surface area contributed by atoms with Gasteiger partial charge >= 0.3 is 6.18 Å². The molecule has 0 bridgehead atoms. The summed E-state index contributed by atoms with van der Waals surface area (Å²) in [5.41, 5.74) is 0.0262. The van der Waals surface area contributed by atoms with E-state index in [4.69, 9.17) is 0 Å². The smallest absolute Gasteiger partial charge is 0.369 e. The number of amides is 1. The van der Waals surface area contributed by atoms with Crippen LogP contribution in [0.15, 0.2) is 30.5 Å². The first-order valence-corrected chi connectivity index (χ1v) is 9.95. The van der Waals surface area contributed by atoms with Gasteiger partial charge in [-0.15, -0.1) is 0 Å². The molecule has 29 heavy (non-hydrogen) atoms. The van der Waals surface area contributed by atoms with Gasteiger partial charge in [0.2, 0.25) is 5.91 Å². The summed E-state index contributed by atoms with van der Waals surface area (Å²) in [6.07, 6.45) is -1.33. The zero-order chi connectivity index (χ0) is 20.8. The molecule has 2 aliphatic rings. The minimum atomic E-state index is -4.45. The van der Waals surface area contributed by atoms with Crippen LogP contribution in [0.4, 0.5) is 18.9 Å². The second kappa shape index (κ2) is 7.48. The fourth-order valence-electron chi connectivity index (χ4n) is 4.59. The number of carbonyl (C=O) groups is 1. The second-order valence-corrected chi connectivity index (χ2v) is 8.24. The number of likely N-dealkylation sites (N-methyl/N-ethyl adjacent to an activating group) is 1. The van der Waals surface area contributed by atoms with Crippen LogP contribution < -0.4 is 10.2 Å². The van der Waals surface area contributed by atoms with E-state index >= 15 is 0 Å². The van der Waals surface area contributed by atoms with Crippen molar-refractivity contribution in [3.63, 3.8) is 0 Å². The standard InChI is InChI=1S/C21H25F3N4O/c1-13-10-14(26-17-7-9-27(2)20(17)29)12-28(11-13)18-6-5-16(21(22,23)24)19-15(18)4-3-8-25-19/h3-6,8,13-14,17,26H,7,9-12H2,1-2H3/t13-,14+,17+/m0/s1. The van der Waals surface area contributed by atoms with Gasteiger partial charge in [-0.1, -0.05) is 6.92 Å². The number of hydrogen-bond donors (Lipinski definition) is 1. The average molecular weight is 406 g/mol. The van der Waals surface area contributed by atoms with Crippen LogP contribution in [0.2, 0.25) is 0 Å². The molecule has 2 aromatic rings. The van der Waals surface area contributed by atoms with Crippen LogP contribution in [0, 0.1) is 5.92 Å². The number of anilines is 1. The van der Waals surface area contributed by atoms with Crippen LogP contribution >= 0.6 is 0 Å². The molecule has 0 unspecified atom stereocenters. The number of alkyl halides is 3. The van der Waals surface area contributed by atoms with Gasteiger partial charge < -0.3 is 15.1 Å². The van der Waals surface area contributed by atoms with Crippen molar-refractivity contribution in [3.8, 4) is 0 Å². The number of nitrogens with zero attached hydrogens (tertiary/aromatic N) is 3. The van der Waals surface area contributed by atoms with Crippen molar-refractivity contribution < 1.29 is 18.0 Å². The van der Waals surface area contributed by atoms with E-state index in [0.29, 0.717) is 17.8 Å². The largest absolute Gasteiger partial charge is 0.418 e. The molecule has 0 spiro atoms. The molecule has 2 aliphatic heterocycles. The minimum Gasteiger partial charge on any atom is -0.369 e. The Hall–Kier alpha value is -2.35. The molecule has 5 nitrogen and oxygen atoms in total. The van der Waals surface area contributed by atoms with Crippen molar-refractivity contribution in [1.29, 1.82) is 0 Å². The molecule has 1 aromatic heterocycles. The molecule has 1 amide bonds. The van der Waals surface area contributed by atoms with Crippen molar-refractivity contribution in [3.05, 3.63) is 36.0 Å². The van der Waals surface area contributed by atoms with Crippen LogP contribution in [0.25, 0.3) is 10.9 Å². The number of nitrogens with one attached hydrogen (secondary N) is 1. The third-order valence-electron chi connectivity index (χ3n) is 5.92. The van der Waals surface area contributed by atoms with Crippen LogP contribution in [0.3, 0.4) is 0 Å². The summed E-state index contributed by atoms with van der Waals surface area (Å²) in [4.78, 5) is 20.1. The molecule has 0 radical (unpaired) electrons. The normalized spacial score (nSPS) is 25.8. The van der Waals surface area contributed by atoms with Crippen molar-refractivity contribution in [1.82, 2.24) is 15.2 Å². The van der Waals surface area contributed by atoms with Crippen molar-refractivity contribution >= 4 is 22.5 Å². The lowest BCUT2D eigenvalue weighted by atomic mass is 9.94. The van der Waals surface area contributed by atoms with Crippen LogP contribution in [0.5, 0.6) is 0 Å². The summed E-state index contributed by atoms with van der Waals surface area (Å²) in [5.74, 6) is 0.462. The van der Waals surface area contributed by atoms with Crippen molar-refractivity contribution in [2.24, 2.45) is 5.92 Å². The molecule has 156 valence electrons. The van der Waals surface area contributed by atoms with Crippen molar-refractivity contribution in [2.75, 3.05) is 31.6 Å². The second-order valence-electron chi connectivity index (χ2n) is 8.24. The maximum atomic E-state index is 13.4. The Labute approximate surface area is 167 Å². The van der Waals surface area contributed by atoms with E-state index < -0.39 is 11.7 Å². The molecule has 0 saturated carbocycles. The summed E-state index contributed by atoms with van der Waals surface area (Å²) in [7, 11) is 1.81. The number of carbonyl (C=O) groups excluding carboxylic acids is 1. The minimum absolute atomic E-state index is 0.0205. The molecule has 8 heteroatoms. The lowest BCUT2D eigenvalue weighted by Crippen LogP contribution is -2.53. The average Bonchev–Trinajstić information content (AvgIpc) is 2.98. The molecule has 1 aromatic carbocycles. The van der Waals surface area contributed by atoms with Gasteiger partial charge in [0.25, 0.3) is 0 Å². The quantitative estimate of drug-likeness (QED) is 0.850. The van der Waals surface area contributed by atoms with Gasteiger partial charge in [0.1, 0.15) is 0 Å². The highest BCUT2D eigenvalue weighted by atomic mass is 19.4. The van der Waals surface area contributed by atoms with Gasteiger partial charge in [-0.2, -0.15) is 13.2 Å². The summed E-state index contributed by atoms with van der Waals surface area (Å²) in [5, 5.41) is 3.99. The first kappa shape index (κ1) is 19.9. The zero-order valence-electron chi connectivity index (χ0n) is 16.5. The van der Waals surface area contributed by atoms with Gasteiger partial charge in [0.05, 0.1) is 17.1 Å². The maximum absolute atomic E-state index is 13.4. The molecule has 4 rings (SSSR count). The van der Waals surface area contributed by atoms with Gasteiger partial charge in [-0.3, -0.25) is 9.78 Å². The topological polar surface area (TPSA) is 48.5 Å². The van der Waals surface area contributed by atoms with E-state index in [9.17, 15) is 18.0 Å². The van der Waals surface area contributed by atoms with Crippen LogP contribution in [0.1, 0.15) is 25.3 Å². The lowest BCUT2D eigenvalue weighted by molar-refractivity contribution is -0.136. The Morgan fingerprint density at radius 2 is 2.00 bits per heavy atom. The summed E-state index contributed by atoms with van der Waals surface area (Å²) in [6.45, 7) is 4.28. The van der Waals surface area contributed by atoms with E-state index in [2.05, 4.69) is 22.1 Å². The third-order valence-corrected chi connectivity index (χ3v) is 5.92. The van der Waals surface area contributed by atoms with E-state index in [-0.39, 0.29) is 23.5 Å². The molecule has 3 atom stereocenters. The fraction of sp³-hybridized carbons (Fsp3) is 0.524. The number of pyridine rings is 1. The lowest BCUT2D eigenvalue weighted by Gasteiger charge is -2.39. The number of benzene rings is 1. The van der Waals surface area contributed by atoms with Gasteiger partial charge in [0.15, 0.2) is 0 Å². The number of piperidine rings is 1. The van der Waals surface area contributed by atoms with E-state index in [1.807, 2.05) is 0 Å². The van der Waals surface area contributed by atoms with Crippen molar-refractivity contribution in [2.45, 2.75) is 38.0 Å². The Bertz CT molecular complexity index is 916. The van der Waals surface area contributed by atoms with Gasteiger partial charge in [0, 0.05) is 50.0 Å². The third kappa shape index (κ3) is 3.90. The fourth-order valence-corrected chi connectivity index (χ4v) is 4.59. The van der Waals surface area contributed by atoms with E-state index in [0.717, 1.165) is 37.7 Å². The summed E-state index contributed by atoms with van der Waals surface area (Å²) < 4.78 is 40.2. The van der Waals surface area contributed by atoms with E-state index in [1.165, 1.54) is 6.20 Å². The van der Waals surface area contributed by atoms with E-state index in [1.54, 1.807) is 30.1 Å². The molecular weight excluding hydrogens is 381 g/mol. The number of halogens is 3. The Morgan fingerprint density at radius 1 is 1.21 bits per heavy atom. The number of rotatable bonds is 3. The van der Waals surface area contributed by atoms with Crippen LogP contribution in [-0.2, 0) is 11.0 Å². The highest BCUT2D eigenvalue weighted by Crippen LogP contribution is 2.38. The molecular formula is C21H25F3N4O. The molecule has 0 aliphatic carbocycles. The summed E-state index contributed by atoms with van der Waals surface area (Å²) in [6, 6.07) is 5.97. The zero-order valence-corrected chi connectivity index (χ0v) is 16.5. The highest BCUT2D eigenvalue weighted by molar-refractivity contribution is 5.94. The number of fused-ring (bicyclic) bond motifs is 1. The molecule has 2 fully saturated rings. The monoisotopic (exact) mass is 406 g/mol.